The highest BCUT2D eigenvalue weighted by molar-refractivity contribution is 6.06. The number of amides is 4. The van der Waals surface area contributed by atoms with E-state index in [0.29, 0.717) is 70.4 Å². The molecule has 3 aliphatic rings. The van der Waals surface area contributed by atoms with Gasteiger partial charge in [0.1, 0.15) is 6.04 Å². The summed E-state index contributed by atoms with van der Waals surface area (Å²) in [5.74, 6) is 0.307. The minimum atomic E-state index is -0.774. The zero-order valence-electron chi connectivity index (χ0n) is 35.0. The molecule has 0 unspecified atom stereocenters. The molecule has 0 aliphatic carbocycles. The van der Waals surface area contributed by atoms with Crippen LogP contribution in [0.5, 0.6) is 23.0 Å². The first-order valence-electron chi connectivity index (χ1n) is 20.0. The lowest BCUT2D eigenvalue weighted by Crippen LogP contribution is -2.50. The number of fused-ring (bicyclic) bond motifs is 3. The van der Waals surface area contributed by atoms with Crippen LogP contribution >= 0.6 is 0 Å². The summed E-state index contributed by atoms with van der Waals surface area (Å²) in [6.07, 6.45) is 7.89. The SMILES string of the molecule is CCC[C@H]1C=Nc2cc(OCCCOc3cc4c(cc3OC)C(=O)N3C=C(c5ccc(NC(=O)[C@H](C)NC(=O)[C@@H](N)C(C)C)cc5)C[C@H]3C=N4)c(OC)cc2C(=O)N1OC. The summed E-state index contributed by atoms with van der Waals surface area (Å²) in [4.78, 5) is 68.6. The monoisotopic (exact) mass is 823 g/mol. The lowest BCUT2D eigenvalue weighted by Gasteiger charge is -2.25. The molecule has 16 heteroatoms. The zero-order chi connectivity index (χ0) is 43.1. The van der Waals surface area contributed by atoms with Crippen LogP contribution in [-0.2, 0) is 14.4 Å². The Bertz CT molecular complexity index is 2190. The summed E-state index contributed by atoms with van der Waals surface area (Å²) in [5, 5.41) is 6.81. The number of nitrogens with zero attached hydrogens (tertiary/aromatic N) is 4. The highest BCUT2D eigenvalue weighted by atomic mass is 16.7. The maximum atomic E-state index is 13.9. The molecule has 4 N–H and O–H groups in total. The number of hydroxylamine groups is 2. The highest BCUT2D eigenvalue weighted by Crippen LogP contribution is 2.41. The van der Waals surface area contributed by atoms with Crippen LogP contribution in [0.2, 0.25) is 0 Å². The number of methoxy groups -OCH3 is 2. The van der Waals surface area contributed by atoms with Gasteiger partial charge < -0.3 is 40.2 Å². The van der Waals surface area contributed by atoms with Gasteiger partial charge in [-0.25, -0.2) is 5.06 Å². The van der Waals surface area contributed by atoms with Crippen molar-refractivity contribution in [3.05, 3.63) is 71.4 Å². The van der Waals surface area contributed by atoms with Crippen molar-refractivity contribution < 1.29 is 43.0 Å². The van der Waals surface area contributed by atoms with Crippen molar-refractivity contribution in [3.63, 3.8) is 0 Å². The van der Waals surface area contributed by atoms with Crippen molar-refractivity contribution in [1.29, 1.82) is 0 Å². The lowest BCUT2D eigenvalue weighted by molar-refractivity contribution is -0.127. The molecule has 3 aromatic rings. The molecule has 60 heavy (non-hydrogen) atoms. The fraction of sp³-hybridized carbons (Fsp3) is 0.409. The molecule has 3 aliphatic heterocycles. The largest absolute Gasteiger partial charge is 0.493 e. The Kier molecular flexibility index (Phi) is 13.9. The summed E-state index contributed by atoms with van der Waals surface area (Å²) in [5.41, 5.74) is 9.94. The molecule has 6 rings (SSSR count). The number of hydrogen-bond donors (Lipinski definition) is 3. The van der Waals surface area contributed by atoms with Crippen LogP contribution in [0.25, 0.3) is 5.57 Å². The van der Waals surface area contributed by atoms with Crippen molar-refractivity contribution in [1.82, 2.24) is 15.3 Å². The van der Waals surface area contributed by atoms with Gasteiger partial charge in [-0.05, 0) is 54.7 Å². The van der Waals surface area contributed by atoms with Crippen LogP contribution in [0.3, 0.4) is 0 Å². The first kappa shape index (κ1) is 43.3. The molecule has 0 spiro atoms. The van der Waals surface area contributed by atoms with E-state index >= 15 is 0 Å². The molecule has 4 amide bonds. The van der Waals surface area contributed by atoms with Crippen molar-refractivity contribution in [2.45, 2.75) is 77.5 Å². The number of anilines is 1. The Labute approximate surface area is 349 Å². The molecule has 4 atom stereocenters. The quantitative estimate of drug-likeness (QED) is 0.139. The number of benzene rings is 3. The van der Waals surface area contributed by atoms with Gasteiger partial charge in [0.15, 0.2) is 23.0 Å². The van der Waals surface area contributed by atoms with Crippen LogP contribution < -0.4 is 35.3 Å². The summed E-state index contributed by atoms with van der Waals surface area (Å²) in [6.45, 7) is 7.86. The predicted octanol–water partition coefficient (Wildman–Crippen LogP) is 5.84. The Hall–Kier alpha value is -6.26. The first-order chi connectivity index (χ1) is 28.9. The van der Waals surface area contributed by atoms with E-state index in [9.17, 15) is 19.2 Å². The van der Waals surface area contributed by atoms with Gasteiger partial charge in [-0.3, -0.25) is 34.0 Å². The van der Waals surface area contributed by atoms with Gasteiger partial charge in [0.05, 0.1) is 75.2 Å². The number of hydrogen-bond acceptors (Lipinski definition) is 12. The average molecular weight is 824 g/mol. The summed E-state index contributed by atoms with van der Waals surface area (Å²) in [7, 11) is 4.49. The van der Waals surface area contributed by atoms with Crippen molar-refractivity contribution in [2.75, 3.05) is 39.9 Å². The van der Waals surface area contributed by atoms with Gasteiger partial charge in [0.25, 0.3) is 11.8 Å². The minimum absolute atomic E-state index is 0.0576. The molecule has 0 aromatic heterocycles. The number of nitrogens with two attached hydrogens (primary N) is 1. The predicted molar refractivity (Wildman–Crippen MR) is 228 cm³/mol. The first-order valence-corrected chi connectivity index (χ1v) is 20.0. The molecule has 0 fully saturated rings. The standard InChI is InChI=1S/C44H53N7O9/c1-8-10-30-22-46-35-21-39(37(57-6)19-33(35)44(55)51(30)58-7)60-16-9-15-59-38-20-34-32(18-36(38)56-5)43(54)50-24-28(17-31(50)23-47-34)27-11-13-29(14-12-27)49-41(52)26(4)48-42(53)40(45)25(2)3/h11-14,18-26,30-31,40H,8-10,15-17,45H2,1-7H3,(H,48,53)(H,49,52)/t26-,30-,31-,40-/m0/s1. The number of nitrogens with one attached hydrogen (secondary N) is 2. The van der Waals surface area contributed by atoms with E-state index in [0.717, 1.165) is 17.6 Å². The fourth-order valence-electron chi connectivity index (χ4n) is 6.99. The van der Waals surface area contributed by atoms with Gasteiger partial charge in [-0.15, -0.1) is 0 Å². The number of ether oxygens (including phenoxy) is 4. The van der Waals surface area contributed by atoms with Crippen molar-refractivity contribution in [3.8, 4) is 23.0 Å². The Balaban J connectivity index is 1.06. The highest BCUT2D eigenvalue weighted by Gasteiger charge is 2.34. The van der Waals surface area contributed by atoms with Crippen LogP contribution in [0.4, 0.5) is 17.1 Å². The molecule has 0 bridgehead atoms. The smallest absolute Gasteiger partial charge is 0.280 e. The summed E-state index contributed by atoms with van der Waals surface area (Å²) < 4.78 is 23.4. The molecule has 0 radical (unpaired) electrons. The molecular weight excluding hydrogens is 771 g/mol. The lowest BCUT2D eigenvalue weighted by atomic mass is 10.0. The summed E-state index contributed by atoms with van der Waals surface area (Å²) in [6, 6.07) is 11.9. The van der Waals surface area contributed by atoms with Crippen molar-refractivity contribution in [2.24, 2.45) is 21.6 Å². The third-order valence-corrected chi connectivity index (χ3v) is 10.5. The minimum Gasteiger partial charge on any atom is -0.493 e. The third kappa shape index (κ3) is 9.45. The molecule has 3 heterocycles. The van der Waals surface area contributed by atoms with Gasteiger partial charge in [0, 0.05) is 49.3 Å². The molecule has 3 aromatic carbocycles. The van der Waals surface area contributed by atoms with Crippen LogP contribution in [0, 0.1) is 5.92 Å². The van der Waals surface area contributed by atoms with E-state index in [4.69, 9.17) is 34.5 Å². The molecule has 16 nitrogen and oxygen atoms in total. The van der Waals surface area contributed by atoms with E-state index in [1.54, 1.807) is 60.7 Å². The van der Waals surface area contributed by atoms with Crippen LogP contribution in [0.15, 0.2) is 64.7 Å². The summed E-state index contributed by atoms with van der Waals surface area (Å²) >= 11 is 0. The fourth-order valence-corrected chi connectivity index (χ4v) is 6.99. The van der Waals surface area contributed by atoms with E-state index in [2.05, 4.69) is 15.6 Å². The van der Waals surface area contributed by atoms with E-state index in [1.807, 2.05) is 39.1 Å². The third-order valence-electron chi connectivity index (χ3n) is 10.5. The topological polar surface area (TPSA) is 196 Å². The van der Waals surface area contributed by atoms with Gasteiger partial charge in [-0.1, -0.05) is 39.3 Å². The van der Waals surface area contributed by atoms with E-state index in [-0.39, 0.29) is 54.8 Å². The van der Waals surface area contributed by atoms with Crippen LogP contribution in [-0.4, -0.2) is 105 Å². The Morgan fingerprint density at radius 1 is 0.833 bits per heavy atom. The van der Waals surface area contributed by atoms with Crippen LogP contribution in [0.1, 0.15) is 79.7 Å². The number of carbonyl (C=O) groups is 4. The molecule has 0 saturated carbocycles. The number of aliphatic imine (C=N–C) groups is 2. The maximum absolute atomic E-state index is 13.9. The van der Waals surface area contributed by atoms with Gasteiger partial charge in [0.2, 0.25) is 11.8 Å². The normalized spacial score (nSPS) is 17.8. The van der Waals surface area contributed by atoms with E-state index in [1.165, 1.54) is 26.4 Å². The Morgan fingerprint density at radius 3 is 2.00 bits per heavy atom. The maximum Gasteiger partial charge on any atom is 0.280 e. The van der Waals surface area contributed by atoms with Crippen molar-refractivity contribution >= 4 is 58.7 Å². The molecular formula is C44H53N7O9. The second kappa shape index (κ2) is 19.2. The number of rotatable bonds is 17. The molecule has 318 valence electrons. The second-order valence-corrected chi connectivity index (χ2v) is 15.0. The molecule has 0 saturated heterocycles. The average Bonchev–Trinajstić information content (AvgIpc) is 3.57. The van der Waals surface area contributed by atoms with Gasteiger partial charge in [-0.2, -0.15) is 0 Å². The van der Waals surface area contributed by atoms with Gasteiger partial charge >= 0.3 is 0 Å². The second-order valence-electron chi connectivity index (χ2n) is 15.0. The Morgan fingerprint density at radius 2 is 1.43 bits per heavy atom. The number of carbonyl (C=O) groups excluding carboxylic acids is 4. The van der Waals surface area contributed by atoms with E-state index < -0.39 is 12.1 Å². The zero-order valence-corrected chi connectivity index (χ0v) is 35.0.